The number of carbonyl (C=O) groups is 1. The van der Waals surface area contributed by atoms with Gasteiger partial charge in [0.25, 0.3) is 0 Å². The topological polar surface area (TPSA) is 81.6 Å². The van der Waals surface area contributed by atoms with E-state index in [9.17, 15) is 4.79 Å². The number of fused-ring (bicyclic) bond motifs is 5. The van der Waals surface area contributed by atoms with Crippen molar-refractivity contribution in [3.8, 4) is 0 Å². The quantitative estimate of drug-likeness (QED) is 0.203. The Hall–Kier alpha value is -1.07. The minimum Gasteiger partial charge on any atom is -0.446 e. The highest BCUT2D eigenvalue weighted by Gasteiger charge is 2.47. The lowest BCUT2D eigenvalue weighted by molar-refractivity contribution is 0.0224. The summed E-state index contributed by atoms with van der Waals surface area (Å²) < 4.78 is 6.13. The summed E-state index contributed by atoms with van der Waals surface area (Å²) in [6.07, 6.45) is 25.1. The summed E-state index contributed by atoms with van der Waals surface area (Å²) in [6, 6.07) is 0. The molecule has 0 aromatic heterocycles. The van der Waals surface area contributed by atoms with E-state index in [0.29, 0.717) is 6.54 Å². The fourth-order valence-electron chi connectivity index (χ4n) is 8.26. The van der Waals surface area contributed by atoms with E-state index in [2.05, 4.69) is 6.08 Å². The number of allylic oxidation sites excluding steroid dienone is 1. The van der Waals surface area contributed by atoms with Gasteiger partial charge >= 0.3 is 6.09 Å². The van der Waals surface area contributed by atoms with Gasteiger partial charge in [0, 0.05) is 19.5 Å². The van der Waals surface area contributed by atoms with E-state index >= 15 is 0 Å². The normalized spacial score (nSPS) is 31.2. The molecule has 0 heterocycles. The zero-order valence-electron chi connectivity index (χ0n) is 23.0. The minimum absolute atomic E-state index is 0.0632. The van der Waals surface area contributed by atoms with Gasteiger partial charge in [-0.05, 0) is 100 Å². The number of amides is 1. The van der Waals surface area contributed by atoms with Crippen LogP contribution < -0.4 is 11.5 Å². The number of unbranched alkanes of at least 4 members (excludes halogenated alkanes) is 7. The van der Waals surface area contributed by atoms with Gasteiger partial charge < -0.3 is 21.1 Å². The van der Waals surface area contributed by atoms with E-state index in [1.165, 1.54) is 83.5 Å². The number of hydrogen-bond donors (Lipinski definition) is 2. The van der Waals surface area contributed by atoms with Crippen molar-refractivity contribution in [3.63, 3.8) is 0 Å². The van der Waals surface area contributed by atoms with Crippen molar-refractivity contribution in [3.05, 3.63) is 11.6 Å². The first-order valence-electron chi connectivity index (χ1n) is 15.8. The molecule has 36 heavy (non-hydrogen) atoms. The Bertz CT molecular complexity index is 695. The zero-order chi connectivity index (χ0) is 25.2. The van der Waals surface area contributed by atoms with E-state index < -0.39 is 0 Å². The molecule has 4 rings (SSSR count). The van der Waals surface area contributed by atoms with Gasteiger partial charge in [-0.15, -0.1) is 0 Å². The maximum absolute atomic E-state index is 13.1. The van der Waals surface area contributed by atoms with Gasteiger partial charge in [-0.25, -0.2) is 4.79 Å². The molecule has 0 spiro atoms. The number of rotatable bonds is 14. The van der Waals surface area contributed by atoms with E-state index in [1.54, 1.807) is 5.57 Å². The highest BCUT2D eigenvalue weighted by molar-refractivity contribution is 5.67. The molecular formula is C31H55N3O2. The first-order valence-corrected chi connectivity index (χ1v) is 15.8. The largest absolute Gasteiger partial charge is 0.446 e. The lowest BCUT2D eigenvalue weighted by atomic mass is 9.57. The summed E-state index contributed by atoms with van der Waals surface area (Å²) in [4.78, 5) is 15.1. The molecule has 206 valence electrons. The van der Waals surface area contributed by atoms with Crippen molar-refractivity contribution in [1.82, 2.24) is 4.90 Å². The molecule has 1 amide bonds. The molecule has 6 atom stereocenters. The lowest BCUT2D eigenvalue weighted by Gasteiger charge is -2.49. The molecule has 5 nitrogen and oxygen atoms in total. The first kappa shape index (κ1) is 28.0. The van der Waals surface area contributed by atoms with Crippen molar-refractivity contribution in [2.24, 2.45) is 41.1 Å². The van der Waals surface area contributed by atoms with Crippen LogP contribution in [0.25, 0.3) is 0 Å². The molecule has 4 aliphatic carbocycles. The average molecular weight is 502 g/mol. The average Bonchev–Trinajstić information content (AvgIpc) is 3.38. The van der Waals surface area contributed by atoms with Gasteiger partial charge in [-0.2, -0.15) is 0 Å². The molecule has 4 aliphatic rings. The third-order valence-electron chi connectivity index (χ3n) is 10.1. The van der Waals surface area contributed by atoms with Crippen molar-refractivity contribution < 1.29 is 9.53 Å². The SMILES string of the molecule is NCCCCCCCCCCN(CCCN)C(=O)OC1CCC2C(=CCC3C4CCCC4CCC23)C1. The molecule has 3 fully saturated rings. The summed E-state index contributed by atoms with van der Waals surface area (Å²) >= 11 is 0. The predicted octanol–water partition coefficient (Wildman–Crippen LogP) is 6.79. The fourth-order valence-corrected chi connectivity index (χ4v) is 8.26. The van der Waals surface area contributed by atoms with Gasteiger partial charge in [0.2, 0.25) is 0 Å². The summed E-state index contributed by atoms with van der Waals surface area (Å²) in [5.74, 6) is 4.65. The zero-order valence-corrected chi connectivity index (χ0v) is 23.0. The van der Waals surface area contributed by atoms with E-state index in [4.69, 9.17) is 16.2 Å². The lowest BCUT2D eigenvalue weighted by Crippen LogP contribution is -2.42. The van der Waals surface area contributed by atoms with Crippen LogP contribution >= 0.6 is 0 Å². The van der Waals surface area contributed by atoms with Gasteiger partial charge in [0.15, 0.2) is 0 Å². The number of nitrogens with zero attached hydrogens (tertiary/aromatic N) is 1. The van der Waals surface area contributed by atoms with Crippen LogP contribution in [0.1, 0.15) is 116 Å². The molecule has 3 saturated carbocycles. The van der Waals surface area contributed by atoms with Crippen LogP contribution in [0.4, 0.5) is 4.79 Å². The van der Waals surface area contributed by atoms with Gasteiger partial charge in [-0.3, -0.25) is 0 Å². The number of ether oxygens (including phenoxy) is 1. The van der Waals surface area contributed by atoms with Crippen molar-refractivity contribution in [2.45, 2.75) is 122 Å². The predicted molar refractivity (Wildman–Crippen MR) is 149 cm³/mol. The molecule has 0 aliphatic heterocycles. The van der Waals surface area contributed by atoms with Crippen molar-refractivity contribution in [1.29, 1.82) is 0 Å². The minimum atomic E-state index is -0.102. The van der Waals surface area contributed by atoms with Crippen LogP contribution in [0.5, 0.6) is 0 Å². The van der Waals surface area contributed by atoms with Crippen molar-refractivity contribution in [2.75, 3.05) is 26.2 Å². The van der Waals surface area contributed by atoms with Gasteiger partial charge in [-0.1, -0.05) is 63.0 Å². The maximum atomic E-state index is 13.1. The maximum Gasteiger partial charge on any atom is 0.410 e. The first-order chi connectivity index (χ1) is 17.7. The highest BCUT2D eigenvalue weighted by atomic mass is 16.6. The molecule has 0 bridgehead atoms. The molecule has 4 N–H and O–H groups in total. The Balaban J connectivity index is 1.20. The monoisotopic (exact) mass is 501 g/mol. The number of hydrogen-bond acceptors (Lipinski definition) is 4. The molecule has 0 aromatic rings. The van der Waals surface area contributed by atoms with E-state index in [-0.39, 0.29) is 12.2 Å². The van der Waals surface area contributed by atoms with E-state index in [0.717, 1.165) is 81.3 Å². The van der Waals surface area contributed by atoms with Gasteiger partial charge in [0.05, 0.1) is 0 Å². The second-order valence-electron chi connectivity index (χ2n) is 12.4. The standard InChI is InChI=1S/C31H55N3O2/c32-19-7-5-3-1-2-4-6-8-21-34(22-10-20-33)31(35)36-26-15-18-28-25(23-26)14-17-29-27-12-9-11-24(27)13-16-30(28)29/h14,24,26-30H,1-13,15-23,32-33H2. The van der Waals surface area contributed by atoms with Crippen LogP contribution in [-0.2, 0) is 4.74 Å². The summed E-state index contributed by atoms with van der Waals surface area (Å²) in [5.41, 5.74) is 13.0. The van der Waals surface area contributed by atoms with E-state index in [1.807, 2.05) is 4.90 Å². The second-order valence-corrected chi connectivity index (χ2v) is 12.4. The molecule has 0 saturated heterocycles. The Morgan fingerprint density at radius 2 is 1.50 bits per heavy atom. The number of carbonyl (C=O) groups excluding carboxylic acids is 1. The van der Waals surface area contributed by atoms with Crippen LogP contribution in [0.15, 0.2) is 11.6 Å². The summed E-state index contributed by atoms with van der Waals surface area (Å²) in [5, 5.41) is 0. The van der Waals surface area contributed by atoms with Crippen LogP contribution in [0, 0.1) is 29.6 Å². The Morgan fingerprint density at radius 1 is 0.778 bits per heavy atom. The fraction of sp³-hybridized carbons (Fsp3) is 0.903. The Morgan fingerprint density at radius 3 is 2.28 bits per heavy atom. The van der Waals surface area contributed by atoms with Crippen LogP contribution in [0.2, 0.25) is 0 Å². The molecule has 0 aromatic carbocycles. The van der Waals surface area contributed by atoms with Crippen molar-refractivity contribution >= 4 is 6.09 Å². The summed E-state index contributed by atoms with van der Waals surface area (Å²) in [7, 11) is 0. The van der Waals surface area contributed by atoms with Crippen LogP contribution in [-0.4, -0.2) is 43.3 Å². The third-order valence-corrected chi connectivity index (χ3v) is 10.1. The molecule has 0 radical (unpaired) electrons. The molecule has 6 unspecified atom stereocenters. The third kappa shape index (κ3) is 7.49. The second kappa shape index (κ2) is 14.8. The molecule has 5 heteroatoms. The highest BCUT2D eigenvalue weighted by Crippen LogP contribution is 2.56. The Kier molecular flexibility index (Phi) is 11.5. The summed E-state index contributed by atoms with van der Waals surface area (Å²) in [6.45, 7) is 2.96. The van der Waals surface area contributed by atoms with Gasteiger partial charge in [0.1, 0.15) is 6.10 Å². The Labute approximate surface area is 221 Å². The molecular weight excluding hydrogens is 446 g/mol. The smallest absolute Gasteiger partial charge is 0.410 e. The number of nitrogens with two attached hydrogens (primary N) is 2. The van der Waals surface area contributed by atoms with Crippen LogP contribution in [0.3, 0.4) is 0 Å².